The van der Waals surface area contributed by atoms with Gasteiger partial charge in [0.05, 0.1) is 0 Å². The molecule has 0 rings (SSSR count). The fraction of sp³-hybridized carbons (Fsp3) is 0.929. The average molecular weight is 241 g/mol. The Bertz CT molecular complexity index is 238. The molecule has 0 saturated heterocycles. The minimum absolute atomic E-state index is 0.108. The molecule has 0 aliphatic rings. The summed E-state index contributed by atoms with van der Waals surface area (Å²) in [4.78, 5) is 6.87. The monoisotopic (exact) mass is 241 g/mol. The van der Waals surface area contributed by atoms with Gasteiger partial charge in [0.25, 0.3) is 0 Å². The molecule has 3 nitrogen and oxygen atoms in total. The molecule has 0 aliphatic heterocycles. The zero-order valence-electron chi connectivity index (χ0n) is 13.0. The van der Waals surface area contributed by atoms with Crippen molar-refractivity contribution in [3.05, 3.63) is 0 Å². The highest BCUT2D eigenvalue weighted by molar-refractivity contribution is 5.81. The van der Waals surface area contributed by atoms with Crippen LogP contribution in [0.3, 0.4) is 0 Å². The van der Waals surface area contributed by atoms with E-state index in [0.717, 1.165) is 25.3 Å². The van der Waals surface area contributed by atoms with E-state index in [0.29, 0.717) is 0 Å². The summed E-state index contributed by atoms with van der Waals surface area (Å²) in [6.45, 7) is 16.6. The molecule has 0 unspecified atom stereocenters. The Balaban J connectivity index is 5.40. The lowest BCUT2D eigenvalue weighted by molar-refractivity contribution is 0.0842. The fourth-order valence-electron chi connectivity index (χ4n) is 2.13. The maximum Gasteiger partial charge on any atom is 0.194 e. The zero-order chi connectivity index (χ0) is 13.7. The van der Waals surface area contributed by atoms with Crippen LogP contribution < -0.4 is 5.32 Å². The minimum atomic E-state index is 0.108. The lowest BCUT2D eigenvalue weighted by Gasteiger charge is -2.50. The van der Waals surface area contributed by atoms with Gasteiger partial charge in [0.2, 0.25) is 0 Å². The summed E-state index contributed by atoms with van der Waals surface area (Å²) in [6, 6.07) is 0. The molecule has 0 aromatic carbocycles. The summed E-state index contributed by atoms with van der Waals surface area (Å²) in [5, 5.41) is 3.39. The molecule has 0 amide bonds. The normalized spacial score (nSPS) is 13.8. The van der Waals surface area contributed by atoms with Crippen LogP contribution in [0.1, 0.15) is 61.3 Å². The average Bonchev–Trinajstić information content (AvgIpc) is 2.27. The van der Waals surface area contributed by atoms with Gasteiger partial charge in [-0.05, 0) is 47.5 Å². The van der Waals surface area contributed by atoms with Crippen LogP contribution in [0.2, 0.25) is 0 Å². The van der Waals surface area contributed by atoms with Crippen molar-refractivity contribution in [2.75, 3.05) is 13.6 Å². The Labute approximate surface area is 108 Å². The van der Waals surface area contributed by atoms with Gasteiger partial charge in [-0.25, -0.2) is 0 Å². The second-order valence-corrected chi connectivity index (χ2v) is 5.74. The second-order valence-electron chi connectivity index (χ2n) is 5.74. The summed E-state index contributed by atoms with van der Waals surface area (Å²) < 4.78 is 0. The molecule has 0 bridgehead atoms. The molecule has 0 fully saturated rings. The molecule has 0 saturated carbocycles. The summed E-state index contributed by atoms with van der Waals surface area (Å²) in [7, 11) is 1.86. The number of rotatable bonds is 5. The predicted molar refractivity (Wildman–Crippen MR) is 77.6 cm³/mol. The molecule has 0 atom stereocenters. The summed E-state index contributed by atoms with van der Waals surface area (Å²) in [5.41, 5.74) is 0.215. The topological polar surface area (TPSA) is 27.6 Å². The van der Waals surface area contributed by atoms with Crippen LogP contribution >= 0.6 is 0 Å². The first-order valence-corrected chi connectivity index (χ1v) is 6.77. The smallest absolute Gasteiger partial charge is 0.194 e. The molecule has 0 aromatic heterocycles. The van der Waals surface area contributed by atoms with Crippen LogP contribution in [0.4, 0.5) is 0 Å². The predicted octanol–water partition coefficient (Wildman–Crippen LogP) is 3.26. The van der Waals surface area contributed by atoms with Gasteiger partial charge in [-0.3, -0.25) is 4.99 Å². The van der Waals surface area contributed by atoms with Crippen molar-refractivity contribution in [1.29, 1.82) is 0 Å². The van der Waals surface area contributed by atoms with E-state index in [1.165, 1.54) is 0 Å². The Morgan fingerprint density at radius 3 is 1.65 bits per heavy atom. The summed E-state index contributed by atoms with van der Waals surface area (Å²) in [5.74, 6) is 1.01. The largest absolute Gasteiger partial charge is 0.356 e. The number of hydrogen-bond donors (Lipinski definition) is 1. The molecule has 0 spiro atoms. The van der Waals surface area contributed by atoms with Crippen molar-refractivity contribution in [1.82, 2.24) is 10.2 Å². The Morgan fingerprint density at radius 2 is 1.41 bits per heavy atom. The van der Waals surface area contributed by atoms with E-state index in [-0.39, 0.29) is 11.1 Å². The molecule has 0 radical (unpaired) electrons. The van der Waals surface area contributed by atoms with E-state index in [4.69, 9.17) is 0 Å². The van der Waals surface area contributed by atoms with Crippen LogP contribution in [-0.2, 0) is 0 Å². The van der Waals surface area contributed by atoms with E-state index >= 15 is 0 Å². The first-order valence-electron chi connectivity index (χ1n) is 6.77. The third-order valence-corrected chi connectivity index (χ3v) is 3.70. The summed E-state index contributed by atoms with van der Waals surface area (Å²) in [6.07, 6.45) is 2.20. The van der Waals surface area contributed by atoms with E-state index in [1.807, 2.05) is 7.05 Å². The van der Waals surface area contributed by atoms with Gasteiger partial charge in [-0.1, -0.05) is 13.8 Å². The molecule has 0 heterocycles. The highest BCUT2D eigenvalue weighted by Crippen LogP contribution is 2.30. The first-order chi connectivity index (χ1) is 7.76. The number of hydrogen-bond acceptors (Lipinski definition) is 1. The van der Waals surface area contributed by atoms with Gasteiger partial charge in [0, 0.05) is 24.7 Å². The number of nitrogens with one attached hydrogen (secondary N) is 1. The van der Waals surface area contributed by atoms with Crippen LogP contribution in [0.5, 0.6) is 0 Å². The fourth-order valence-corrected chi connectivity index (χ4v) is 2.13. The molecule has 0 aromatic rings. The highest BCUT2D eigenvalue weighted by Gasteiger charge is 2.37. The van der Waals surface area contributed by atoms with Gasteiger partial charge in [-0.15, -0.1) is 0 Å². The van der Waals surface area contributed by atoms with Gasteiger partial charge < -0.3 is 10.2 Å². The van der Waals surface area contributed by atoms with E-state index < -0.39 is 0 Å². The number of aliphatic imine (C=N–C) groups is 1. The van der Waals surface area contributed by atoms with Gasteiger partial charge in [0.15, 0.2) is 5.96 Å². The maximum atomic E-state index is 4.44. The van der Waals surface area contributed by atoms with Gasteiger partial charge >= 0.3 is 0 Å². The van der Waals surface area contributed by atoms with Crippen molar-refractivity contribution in [2.24, 2.45) is 4.99 Å². The van der Waals surface area contributed by atoms with Crippen LogP contribution in [0.25, 0.3) is 0 Å². The van der Waals surface area contributed by atoms with E-state index in [2.05, 4.69) is 63.7 Å². The quantitative estimate of drug-likeness (QED) is 0.591. The molecule has 17 heavy (non-hydrogen) atoms. The zero-order valence-corrected chi connectivity index (χ0v) is 13.0. The summed E-state index contributed by atoms with van der Waals surface area (Å²) >= 11 is 0. The van der Waals surface area contributed by atoms with E-state index in [9.17, 15) is 0 Å². The third kappa shape index (κ3) is 3.90. The lowest BCUT2D eigenvalue weighted by Crippen LogP contribution is -2.61. The first kappa shape index (κ1) is 16.3. The molecular formula is C14H31N3. The van der Waals surface area contributed by atoms with Crippen LogP contribution in [-0.4, -0.2) is 35.5 Å². The van der Waals surface area contributed by atoms with Gasteiger partial charge in [-0.2, -0.15) is 0 Å². The molecular weight excluding hydrogens is 210 g/mol. The third-order valence-electron chi connectivity index (χ3n) is 3.70. The lowest BCUT2D eigenvalue weighted by atomic mass is 9.89. The van der Waals surface area contributed by atoms with Gasteiger partial charge in [0.1, 0.15) is 0 Å². The van der Waals surface area contributed by atoms with Crippen molar-refractivity contribution in [3.63, 3.8) is 0 Å². The number of guanidine groups is 1. The standard InChI is InChI=1S/C14H31N3/c1-9-13(4,5)17(14(6,7)10-2)12(15-8)16-11-3/h9-11H2,1-8H3,(H,15,16). The minimum Gasteiger partial charge on any atom is -0.356 e. The van der Waals surface area contributed by atoms with Crippen molar-refractivity contribution in [3.8, 4) is 0 Å². The Kier molecular flexibility index (Phi) is 6.00. The maximum absolute atomic E-state index is 4.44. The molecule has 102 valence electrons. The van der Waals surface area contributed by atoms with Crippen molar-refractivity contribution >= 4 is 5.96 Å². The molecule has 0 aliphatic carbocycles. The highest BCUT2D eigenvalue weighted by atomic mass is 15.4. The van der Waals surface area contributed by atoms with Crippen LogP contribution in [0.15, 0.2) is 4.99 Å². The van der Waals surface area contributed by atoms with E-state index in [1.54, 1.807) is 0 Å². The number of nitrogens with zero attached hydrogens (tertiary/aromatic N) is 2. The second kappa shape index (κ2) is 6.27. The SMILES string of the molecule is CCNC(=NC)N(C(C)(C)CC)C(C)(C)CC. The Hall–Kier alpha value is -0.730. The molecule has 1 N–H and O–H groups in total. The van der Waals surface area contributed by atoms with Crippen molar-refractivity contribution in [2.45, 2.75) is 72.4 Å². The Morgan fingerprint density at radius 1 is 1.00 bits per heavy atom. The van der Waals surface area contributed by atoms with Crippen molar-refractivity contribution < 1.29 is 0 Å². The van der Waals surface area contributed by atoms with Crippen LogP contribution in [0, 0.1) is 0 Å². The molecule has 3 heteroatoms.